The summed E-state index contributed by atoms with van der Waals surface area (Å²) in [5.74, 6) is 2.34. The number of aliphatic imine (C=N–C) groups is 1. The van der Waals surface area contributed by atoms with Crippen molar-refractivity contribution in [3.63, 3.8) is 0 Å². The molecule has 5 nitrogen and oxygen atoms in total. The van der Waals surface area contributed by atoms with Gasteiger partial charge in [-0.05, 0) is 74.8 Å². The minimum Gasteiger partial charge on any atom is -0.497 e. The summed E-state index contributed by atoms with van der Waals surface area (Å²) in [4.78, 5) is 8.83. The van der Waals surface area contributed by atoms with Crippen molar-refractivity contribution in [3.05, 3.63) is 52.2 Å². The molecule has 1 fully saturated rings. The molecule has 2 N–H and O–H groups in total. The Kier molecular flexibility index (Phi) is 8.38. The number of methoxy groups -OCH3 is 1. The van der Waals surface area contributed by atoms with Crippen molar-refractivity contribution in [3.8, 4) is 5.75 Å². The van der Waals surface area contributed by atoms with Crippen LogP contribution in [0.1, 0.15) is 36.2 Å². The van der Waals surface area contributed by atoms with Gasteiger partial charge in [-0.2, -0.15) is 0 Å². The molecular weight excluding hydrogens is 380 g/mol. The molecule has 158 valence electrons. The Balaban J connectivity index is 1.64. The number of hydrogen-bond donors (Lipinski definition) is 2. The van der Waals surface area contributed by atoms with Gasteiger partial charge in [0.2, 0.25) is 0 Å². The Morgan fingerprint density at radius 3 is 2.76 bits per heavy atom. The quantitative estimate of drug-likeness (QED) is 0.507. The van der Waals surface area contributed by atoms with E-state index in [0.717, 1.165) is 44.3 Å². The van der Waals surface area contributed by atoms with E-state index in [2.05, 4.69) is 71.3 Å². The molecule has 2 unspecified atom stereocenters. The molecule has 1 aromatic carbocycles. The highest BCUT2D eigenvalue weighted by Gasteiger charge is 2.30. The third-order valence-electron chi connectivity index (χ3n) is 5.54. The van der Waals surface area contributed by atoms with E-state index in [4.69, 9.17) is 9.73 Å². The Morgan fingerprint density at radius 2 is 2.07 bits per heavy atom. The predicted octanol–water partition coefficient (Wildman–Crippen LogP) is 3.94. The molecule has 1 aromatic heterocycles. The van der Waals surface area contributed by atoms with Crippen molar-refractivity contribution in [2.75, 3.05) is 40.3 Å². The number of likely N-dealkylation sites (tertiary alicyclic amines) is 1. The van der Waals surface area contributed by atoms with Crippen molar-refractivity contribution in [1.82, 2.24) is 15.5 Å². The van der Waals surface area contributed by atoms with Crippen LogP contribution in [0.5, 0.6) is 5.75 Å². The van der Waals surface area contributed by atoms with Crippen molar-refractivity contribution >= 4 is 17.3 Å². The maximum atomic E-state index is 5.33. The fourth-order valence-corrected chi connectivity index (χ4v) is 4.80. The minimum atomic E-state index is 0.396. The Hall–Kier alpha value is -2.05. The van der Waals surface area contributed by atoms with Crippen LogP contribution >= 0.6 is 11.3 Å². The zero-order valence-corrected chi connectivity index (χ0v) is 18.7. The summed E-state index contributed by atoms with van der Waals surface area (Å²) in [6.07, 6.45) is 3.47. The SMILES string of the molecule is CCNC(=NCC1CCCN(C)C1c1ccc(OC)cc1)NCCc1cccs1. The monoisotopic (exact) mass is 414 g/mol. The Labute approximate surface area is 179 Å². The molecule has 3 rings (SSSR count). The van der Waals surface area contributed by atoms with Gasteiger partial charge in [0, 0.05) is 30.6 Å². The van der Waals surface area contributed by atoms with E-state index in [1.165, 1.54) is 23.3 Å². The molecule has 1 saturated heterocycles. The van der Waals surface area contributed by atoms with Gasteiger partial charge >= 0.3 is 0 Å². The molecule has 0 aliphatic carbocycles. The van der Waals surface area contributed by atoms with E-state index in [1.807, 2.05) is 11.3 Å². The maximum Gasteiger partial charge on any atom is 0.191 e. The Morgan fingerprint density at radius 1 is 1.24 bits per heavy atom. The highest BCUT2D eigenvalue weighted by molar-refractivity contribution is 7.09. The number of hydrogen-bond acceptors (Lipinski definition) is 4. The summed E-state index contributed by atoms with van der Waals surface area (Å²) in [6.45, 7) is 5.85. The maximum absolute atomic E-state index is 5.33. The second-order valence-electron chi connectivity index (χ2n) is 7.58. The van der Waals surface area contributed by atoms with E-state index in [0.29, 0.717) is 12.0 Å². The van der Waals surface area contributed by atoms with Gasteiger partial charge in [0.05, 0.1) is 7.11 Å². The first-order valence-electron chi connectivity index (χ1n) is 10.6. The van der Waals surface area contributed by atoms with Crippen LogP contribution in [0.3, 0.4) is 0 Å². The Bertz CT molecular complexity index is 745. The summed E-state index contributed by atoms with van der Waals surface area (Å²) in [6, 6.07) is 13.2. The lowest BCUT2D eigenvalue weighted by Gasteiger charge is -2.39. The molecule has 0 bridgehead atoms. The van der Waals surface area contributed by atoms with Crippen LogP contribution in [0.15, 0.2) is 46.8 Å². The number of ether oxygens (including phenoxy) is 1. The van der Waals surface area contributed by atoms with Crippen LogP contribution in [-0.4, -0.2) is 51.2 Å². The van der Waals surface area contributed by atoms with Gasteiger partial charge in [-0.3, -0.25) is 9.89 Å². The molecule has 2 atom stereocenters. The van der Waals surface area contributed by atoms with Gasteiger partial charge in [-0.15, -0.1) is 11.3 Å². The molecular formula is C23H34N4OS. The summed E-state index contributed by atoms with van der Waals surface area (Å²) in [5.41, 5.74) is 1.35. The third kappa shape index (κ3) is 6.21. The van der Waals surface area contributed by atoms with Crippen LogP contribution < -0.4 is 15.4 Å². The average Bonchev–Trinajstić information content (AvgIpc) is 3.26. The van der Waals surface area contributed by atoms with Gasteiger partial charge in [0.25, 0.3) is 0 Å². The first kappa shape index (κ1) is 21.7. The molecule has 2 aromatic rings. The number of guanidine groups is 1. The van der Waals surface area contributed by atoms with Crippen LogP contribution in [0.4, 0.5) is 0 Å². The largest absolute Gasteiger partial charge is 0.497 e. The second-order valence-corrected chi connectivity index (χ2v) is 8.61. The number of nitrogens with zero attached hydrogens (tertiary/aromatic N) is 2. The van der Waals surface area contributed by atoms with Crippen molar-refractivity contribution in [2.24, 2.45) is 10.9 Å². The van der Waals surface area contributed by atoms with Crippen LogP contribution in [-0.2, 0) is 6.42 Å². The smallest absolute Gasteiger partial charge is 0.191 e. The lowest BCUT2D eigenvalue weighted by molar-refractivity contribution is 0.125. The molecule has 0 spiro atoms. The topological polar surface area (TPSA) is 48.9 Å². The molecule has 1 aliphatic heterocycles. The predicted molar refractivity (Wildman–Crippen MR) is 123 cm³/mol. The standard InChI is InChI=1S/C23H34N4OS/c1-4-24-23(25-14-13-21-8-6-16-29-21)26-17-19-7-5-15-27(2)22(19)18-9-11-20(28-3)12-10-18/h6,8-12,16,19,22H,4-5,7,13-15,17H2,1-3H3,(H2,24,25,26). The molecule has 2 heterocycles. The zero-order valence-electron chi connectivity index (χ0n) is 17.9. The normalized spacial score (nSPS) is 20.4. The molecule has 29 heavy (non-hydrogen) atoms. The molecule has 0 radical (unpaired) electrons. The van der Waals surface area contributed by atoms with E-state index in [-0.39, 0.29) is 0 Å². The summed E-state index contributed by atoms with van der Waals surface area (Å²) in [7, 11) is 3.95. The fourth-order valence-electron chi connectivity index (χ4n) is 4.09. The van der Waals surface area contributed by atoms with Gasteiger partial charge < -0.3 is 15.4 Å². The van der Waals surface area contributed by atoms with Crippen LogP contribution in [0.25, 0.3) is 0 Å². The number of rotatable bonds is 8. The molecule has 0 amide bonds. The highest BCUT2D eigenvalue weighted by atomic mass is 32.1. The second kappa shape index (κ2) is 11.2. The number of piperidine rings is 1. The third-order valence-corrected chi connectivity index (χ3v) is 6.47. The van der Waals surface area contributed by atoms with Crippen molar-refractivity contribution < 1.29 is 4.74 Å². The zero-order chi connectivity index (χ0) is 20.5. The molecule has 6 heteroatoms. The number of thiophene rings is 1. The number of nitrogens with one attached hydrogen (secondary N) is 2. The van der Waals surface area contributed by atoms with Crippen LogP contribution in [0, 0.1) is 5.92 Å². The number of benzene rings is 1. The summed E-state index contributed by atoms with van der Waals surface area (Å²) < 4.78 is 5.33. The van der Waals surface area contributed by atoms with Gasteiger partial charge in [0.1, 0.15) is 5.75 Å². The lowest BCUT2D eigenvalue weighted by atomic mass is 9.85. The lowest BCUT2D eigenvalue weighted by Crippen LogP contribution is -2.40. The van der Waals surface area contributed by atoms with E-state index >= 15 is 0 Å². The van der Waals surface area contributed by atoms with E-state index in [9.17, 15) is 0 Å². The molecule has 0 saturated carbocycles. The van der Waals surface area contributed by atoms with Crippen molar-refractivity contribution in [1.29, 1.82) is 0 Å². The fraction of sp³-hybridized carbons (Fsp3) is 0.522. The van der Waals surface area contributed by atoms with Gasteiger partial charge in [-0.1, -0.05) is 18.2 Å². The first-order valence-corrected chi connectivity index (χ1v) is 11.5. The molecule has 1 aliphatic rings. The highest BCUT2D eigenvalue weighted by Crippen LogP contribution is 2.35. The van der Waals surface area contributed by atoms with Gasteiger partial charge in [0.15, 0.2) is 5.96 Å². The van der Waals surface area contributed by atoms with E-state index in [1.54, 1.807) is 7.11 Å². The summed E-state index contributed by atoms with van der Waals surface area (Å²) in [5, 5.41) is 9.02. The van der Waals surface area contributed by atoms with Crippen molar-refractivity contribution in [2.45, 2.75) is 32.2 Å². The van der Waals surface area contributed by atoms with E-state index < -0.39 is 0 Å². The summed E-state index contributed by atoms with van der Waals surface area (Å²) >= 11 is 1.81. The minimum absolute atomic E-state index is 0.396. The van der Waals surface area contributed by atoms with Crippen LogP contribution in [0.2, 0.25) is 0 Å². The van der Waals surface area contributed by atoms with Gasteiger partial charge in [-0.25, -0.2) is 0 Å². The average molecular weight is 415 g/mol. The first-order chi connectivity index (χ1) is 14.2.